The van der Waals surface area contributed by atoms with Crippen LogP contribution >= 0.6 is 11.3 Å². The van der Waals surface area contributed by atoms with Crippen molar-refractivity contribution in [1.82, 2.24) is 19.9 Å². The standard InChI is InChI=1S/C16H16N4O2S/c1-10-12-14(21)18-9-19-15(12)23-13(10)16(22)20(2)8-6-11-5-3-4-7-17-11/h3-5,7,9H,6,8H2,1-2H3,(H,18,19,21). The van der Waals surface area contributed by atoms with Gasteiger partial charge in [-0.15, -0.1) is 11.3 Å². The predicted molar refractivity (Wildman–Crippen MR) is 89.9 cm³/mol. The topological polar surface area (TPSA) is 79.0 Å². The summed E-state index contributed by atoms with van der Waals surface area (Å²) in [5.41, 5.74) is 1.42. The van der Waals surface area contributed by atoms with Gasteiger partial charge in [-0.25, -0.2) is 4.98 Å². The molecule has 0 aliphatic rings. The van der Waals surface area contributed by atoms with Crippen molar-refractivity contribution in [3.63, 3.8) is 0 Å². The van der Waals surface area contributed by atoms with Gasteiger partial charge in [0.2, 0.25) is 0 Å². The zero-order valence-electron chi connectivity index (χ0n) is 12.9. The lowest BCUT2D eigenvalue weighted by Crippen LogP contribution is -2.28. The summed E-state index contributed by atoms with van der Waals surface area (Å²) in [5.74, 6) is -0.0965. The van der Waals surface area contributed by atoms with Gasteiger partial charge in [-0.1, -0.05) is 6.07 Å². The Morgan fingerprint density at radius 2 is 2.17 bits per heavy atom. The van der Waals surface area contributed by atoms with Gasteiger partial charge in [0.1, 0.15) is 4.83 Å². The van der Waals surface area contributed by atoms with E-state index in [1.54, 1.807) is 25.1 Å². The van der Waals surface area contributed by atoms with Gasteiger partial charge in [0.15, 0.2) is 0 Å². The van der Waals surface area contributed by atoms with Crippen LogP contribution in [-0.2, 0) is 6.42 Å². The Kier molecular flexibility index (Phi) is 4.20. The molecule has 0 saturated carbocycles. The minimum absolute atomic E-state index is 0.0965. The number of nitrogens with zero attached hydrogens (tertiary/aromatic N) is 3. The SMILES string of the molecule is Cc1c(C(=O)N(C)CCc2ccccn2)sc2nc[nH]c(=O)c12. The molecule has 3 aromatic rings. The van der Waals surface area contributed by atoms with Crippen molar-refractivity contribution in [3.05, 3.63) is 57.2 Å². The van der Waals surface area contributed by atoms with E-state index in [-0.39, 0.29) is 11.5 Å². The van der Waals surface area contributed by atoms with E-state index in [2.05, 4.69) is 15.0 Å². The van der Waals surface area contributed by atoms with E-state index in [0.717, 1.165) is 5.69 Å². The van der Waals surface area contributed by atoms with E-state index in [0.29, 0.717) is 33.6 Å². The van der Waals surface area contributed by atoms with Crippen LogP contribution in [0.1, 0.15) is 20.9 Å². The summed E-state index contributed by atoms with van der Waals surface area (Å²) in [6.45, 7) is 2.35. The summed E-state index contributed by atoms with van der Waals surface area (Å²) in [6.07, 6.45) is 3.79. The highest BCUT2D eigenvalue weighted by Crippen LogP contribution is 2.27. The summed E-state index contributed by atoms with van der Waals surface area (Å²) >= 11 is 1.26. The number of H-pyrrole nitrogens is 1. The van der Waals surface area contributed by atoms with Crippen LogP contribution in [0, 0.1) is 6.92 Å². The molecule has 3 rings (SSSR count). The predicted octanol–water partition coefficient (Wildman–Crippen LogP) is 2.00. The van der Waals surface area contributed by atoms with E-state index >= 15 is 0 Å². The first-order valence-corrected chi connectivity index (χ1v) is 8.01. The van der Waals surface area contributed by atoms with E-state index in [9.17, 15) is 9.59 Å². The van der Waals surface area contributed by atoms with E-state index in [4.69, 9.17) is 0 Å². The number of amides is 1. The maximum Gasteiger partial charge on any atom is 0.264 e. The molecule has 0 atom stereocenters. The summed E-state index contributed by atoms with van der Waals surface area (Å²) in [7, 11) is 1.76. The fraction of sp³-hybridized carbons (Fsp3) is 0.250. The van der Waals surface area contributed by atoms with Gasteiger partial charge in [-0.05, 0) is 24.6 Å². The molecule has 7 heteroatoms. The first-order chi connectivity index (χ1) is 11.1. The van der Waals surface area contributed by atoms with Crippen molar-refractivity contribution in [2.24, 2.45) is 0 Å². The Balaban J connectivity index is 1.81. The molecule has 0 aromatic carbocycles. The summed E-state index contributed by atoms with van der Waals surface area (Å²) in [4.78, 5) is 38.3. The van der Waals surface area contributed by atoms with Gasteiger partial charge in [0, 0.05) is 31.9 Å². The van der Waals surface area contributed by atoms with Crippen LogP contribution in [-0.4, -0.2) is 39.4 Å². The molecule has 1 N–H and O–H groups in total. The Bertz CT molecular complexity index is 901. The largest absolute Gasteiger partial charge is 0.341 e. The molecule has 3 heterocycles. The maximum atomic E-state index is 12.6. The Labute approximate surface area is 136 Å². The first-order valence-electron chi connectivity index (χ1n) is 7.20. The minimum atomic E-state index is -0.209. The number of likely N-dealkylation sites (N-methyl/N-ethyl adjacent to an activating group) is 1. The van der Waals surface area contributed by atoms with Crippen LogP contribution in [0.15, 0.2) is 35.5 Å². The molecular formula is C16H16N4O2S. The Morgan fingerprint density at radius 1 is 1.35 bits per heavy atom. The average molecular weight is 328 g/mol. The fourth-order valence-corrected chi connectivity index (χ4v) is 3.53. The molecule has 23 heavy (non-hydrogen) atoms. The third-order valence-corrected chi connectivity index (χ3v) is 4.89. The zero-order chi connectivity index (χ0) is 16.4. The van der Waals surface area contributed by atoms with Crippen molar-refractivity contribution < 1.29 is 4.79 Å². The number of aromatic nitrogens is 3. The van der Waals surface area contributed by atoms with Gasteiger partial charge in [0.05, 0.1) is 16.6 Å². The number of carbonyl (C=O) groups excluding carboxylic acids is 1. The molecule has 0 saturated heterocycles. The third kappa shape index (κ3) is 3.00. The van der Waals surface area contributed by atoms with Crippen molar-refractivity contribution >= 4 is 27.5 Å². The smallest absolute Gasteiger partial charge is 0.264 e. The average Bonchev–Trinajstić information content (AvgIpc) is 2.91. The molecule has 0 fully saturated rings. The van der Waals surface area contributed by atoms with Crippen LogP contribution in [0.3, 0.4) is 0 Å². The summed E-state index contributed by atoms with van der Waals surface area (Å²) in [6, 6.07) is 5.73. The monoisotopic (exact) mass is 328 g/mol. The van der Waals surface area contributed by atoms with Gasteiger partial charge < -0.3 is 9.88 Å². The van der Waals surface area contributed by atoms with Crippen molar-refractivity contribution in [2.75, 3.05) is 13.6 Å². The number of thiophene rings is 1. The van der Waals surface area contributed by atoms with Crippen LogP contribution in [0.4, 0.5) is 0 Å². The number of hydrogen-bond acceptors (Lipinski definition) is 5. The van der Waals surface area contributed by atoms with Crippen LogP contribution < -0.4 is 5.56 Å². The second-order valence-electron chi connectivity index (χ2n) is 5.27. The molecule has 3 aromatic heterocycles. The number of hydrogen-bond donors (Lipinski definition) is 1. The van der Waals surface area contributed by atoms with Crippen LogP contribution in [0.5, 0.6) is 0 Å². The molecular weight excluding hydrogens is 312 g/mol. The molecule has 118 valence electrons. The van der Waals surface area contributed by atoms with Crippen molar-refractivity contribution in [2.45, 2.75) is 13.3 Å². The highest BCUT2D eigenvalue weighted by atomic mass is 32.1. The first kappa shape index (κ1) is 15.4. The van der Waals surface area contributed by atoms with Crippen molar-refractivity contribution in [3.8, 4) is 0 Å². The van der Waals surface area contributed by atoms with Crippen LogP contribution in [0.2, 0.25) is 0 Å². The lowest BCUT2D eigenvalue weighted by molar-refractivity contribution is 0.0800. The van der Waals surface area contributed by atoms with Gasteiger partial charge >= 0.3 is 0 Å². The lowest BCUT2D eigenvalue weighted by Gasteiger charge is -2.16. The Morgan fingerprint density at radius 3 is 2.87 bits per heavy atom. The van der Waals surface area contributed by atoms with Gasteiger partial charge in [-0.2, -0.15) is 0 Å². The third-order valence-electron chi connectivity index (χ3n) is 3.70. The maximum absolute atomic E-state index is 12.6. The number of nitrogens with one attached hydrogen (secondary N) is 1. The lowest BCUT2D eigenvalue weighted by atomic mass is 10.2. The molecule has 0 bridgehead atoms. The number of fused-ring (bicyclic) bond motifs is 1. The number of aromatic amines is 1. The normalized spacial score (nSPS) is 10.9. The van der Waals surface area contributed by atoms with Crippen LogP contribution in [0.25, 0.3) is 10.2 Å². The quantitative estimate of drug-likeness (QED) is 0.794. The second kappa shape index (κ2) is 6.29. The highest BCUT2D eigenvalue weighted by molar-refractivity contribution is 7.20. The van der Waals surface area contributed by atoms with E-state index in [1.165, 1.54) is 17.7 Å². The highest BCUT2D eigenvalue weighted by Gasteiger charge is 2.21. The summed E-state index contributed by atoms with van der Waals surface area (Å²) in [5, 5.41) is 0.499. The van der Waals surface area contributed by atoms with Gasteiger partial charge in [-0.3, -0.25) is 14.6 Å². The number of carbonyl (C=O) groups is 1. The molecule has 0 radical (unpaired) electrons. The Hall–Kier alpha value is -2.54. The van der Waals surface area contributed by atoms with Gasteiger partial charge in [0.25, 0.3) is 11.5 Å². The number of pyridine rings is 1. The molecule has 0 spiro atoms. The zero-order valence-corrected chi connectivity index (χ0v) is 13.7. The molecule has 0 aliphatic carbocycles. The molecule has 0 unspecified atom stereocenters. The molecule has 0 aliphatic heterocycles. The summed E-state index contributed by atoms with van der Waals surface area (Å²) < 4.78 is 0. The van der Waals surface area contributed by atoms with E-state index in [1.807, 2.05) is 18.2 Å². The number of rotatable bonds is 4. The van der Waals surface area contributed by atoms with Crippen molar-refractivity contribution in [1.29, 1.82) is 0 Å². The second-order valence-corrected chi connectivity index (χ2v) is 6.26. The molecule has 6 nitrogen and oxygen atoms in total. The molecule has 1 amide bonds. The fourth-order valence-electron chi connectivity index (χ4n) is 2.39. The minimum Gasteiger partial charge on any atom is -0.341 e. The number of aryl methyl sites for hydroxylation is 1. The van der Waals surface area contributed by atoms with E-state index < -0.39 is 0 Å².